The number of carbonyl (C=O) groups excluding carboxylic acids is 1. The Balaban J connectivity index is 1.88. The second-order valence-corrected chi connectivity index (χ2v) is 3.46. The van der Waals surface area contributed by atoms with Crippen molar-refractivity contribution in [2.24, 2.45) is 7.05 Å². The first kappa shape index (κ1) is 9.12. The lowest BCUT2D eigenvalue weighted by Crippen LogP contribution is -2.27. The smallest absolute Gasteiger partial charge is 0.409 e. The standard InChI is InChI=1S/C10H14N2O2/c1-11-5-2-3-9(11)4-6-12-7-8-14-10(12)13/h2-3,5H,4,6-8H2,1H3. The fourth-order valence-corrected chi connectivity index (χ4v) is 1.63. The molecule has 0 atom stereocenters. The van der Waals surface area contributed by atoms with Crippen LogP contribution < -0.4 is 0 Å². The van der Waals surface area contributed by atoms with E-state index in [1.165, 1.54) is 5.69 Å². The molecule has 1 amide bonds. The number of nitrogens with zero attached hydrogens (tertiary/aromatic N) is 2. The molecule has 76 valence electrons. The minimum Gasteiger partial charge on any atom is -0.448 e. The third-order valence-electron chi connectivity index (χ3n) is 2.53. The van der Waals surface area contributed by atoms with E-state index >= 15 is 0 Å². The summed E-state index contributed by atoms with van der Waals surface area (Å²) in [6.45, 7) is 2.01. The predicted molar refractivity (Wildman–Crippen MR) is 52.0 cm³/mol. The number of cyclic esters (lactones) is 1. The number of ether oxygens (including phenoxy) is 1. The second kappa shape index (κ2) is 3.74. The van der Waals surface area contributed by atoms with Gasteiger partial charge in [0.2, 0.25) is 0 Å². The third kappa shape index (κ3) is 1.73. The Morgan fingerprint density at radius 1 is 1.57 bits per heavy atom. The Morgan fingerprint density at radius 2 is 2.43 bits per heavy atom. The van der Waals surface area contributed by atoms with Crippen LogP contribution in [-0.4, -0.2) is 35.3 Å². The van der Waals surface area contributed by atoms with Gasteiger partial charge in [-0.15, -0.1) is 0 Å². The molecular formula is C10H14N2O2. The monoisotopic (exact) mass is 194 g/mol. The van der Waals surface area contributed by atoms with Crippen LogP contribution in [0.3, 0.4) is 0 Å². The molecule has 0 spiro atoms. The van der Waals surface area contributed by atoms with E-state index in [4.69, 9.17) is 4.74 Å². The number of hydrogen-bond acceptors (Lipinski definition) is 2. The third-order valence-corrected chi connectivity index (χ3v) is 2.53. The van der Waals surface area contributed by atoms with E-state index in [1.54, 1.807) is 4.90 Å². The summed E-state index contributed by atoms with van der Waals surface area (Å²) in [6.07, 6.45) is 2.72. The highest BCUT2D eigenvalue weighted by Gasteiger charge is 2.21. The molecule has 1 aliphatic rings. The summed E-state index contributed by atoms with van der Waals surface area (Å²) < 4.78 is 6.92. The van der Waals surface area contributed by atoms with E-state index in [1.807, 2.05) is 19.3 Å². The van der Waals surface area contributed by atoms with Crippen molar-refractivity contribution in [3.05, 3.63) is 24.0 Å². The Morgan fingerprint density at radius 3 is 3.00 bits per heavy atom. The molecule has 14 heavy (non-hydrogen) atoms. The lowest BCUT2D eigenvalue weighted by Gasteiger charge is -2.12. The van der Waals surface area contributed by atoms with Crippen LogP contribution >= 0.6 is 0 Å². The summed E-state index contributed by atoms with van der Waals surface area (Å²) >= 11 is 0. The molecule has 1 saturated heterocycles. The topological polar surface area (TPSA) is 34.5 Å². The highest BCUT2D eigenvalue weighted by molar-refractivity contribution is 5.69. The molecule has 0 saturated carbocycles. The van der Waals surface area contributed by atoms with Gasteiger partial charge in [0.1, 0.15) is 6.61 Å². The second-order valence-electron chi connectivity index (χ2n) is 3.46. The first-order valence-electron chi connectivity index (χ1n) is 4.79. The van der Waals surface area contributed by atoms with Crippen molar-refractivity contribution in [1.82, 2.24) is 9.47 Å². The van der Waals surface area contributed by atoms with Crippen molar-refractivity contribution in [3.63, 3.8) is 0 Å². The highest BCUT2D eigenvalue weighted by Crippen LogP contribution is 2.06. The molecule has 0 radical (unpaired) electrons. The number of aromatic nitrogens is 1. The Hall–Kier alpha value is -1.45. The highest BCUT2D eigenvalue weighted by atomic mass is 16.6. The average Bonchev–Trinajstić information content (AvgIpc) is 2.72. The lowest BCUT2D eigenvalue weighted by atomic mass is 10.3. The van der Waals surface area contributed by atoms with E-state index < -0.39 is 0 Å². The molecular weight excluding hydrogens is 180 g/mol. The molecule has 1 aliphatic heterocycles. The zero-order chi connectivity index (χ0) is 9.97. The minimum atomic E-state index is -0.181. The van der Waals surface area contributed by atoms with Gasteiger partial charge in [-0.05, 0) is 12.1 Å². The molecule has 4 nitrogen and oxygen atoms in total. The summed E-state index contributed by atoms with van der Waals surface area (Å²) in [5, 5.41) is 0. The van der Waals surface area contributed by atoms with Crippen LogP contribution in [0.5, 0.6) is 0 Å². The quantitative estimate of drug-likeness (QED) is 0.720. The predicted octanol–water partition coefficient (Wildman–Crippen LogP) is 1.02. The van der Waals surface area contributed by atoms with Crippen LogP contribution in [0.4, 0.5) is 4.79 Å². The van der Waals surface area contributed by atoms with Crippen LogP contribution in [-0.2, 0) is 18.2 Å². The Labute approximate surface area is 83.1 Å². The van der Waals surface area contributed by atoms with Gasteiger partial charge in [-0.2, -0.15) is 0 Å². The van der Waals surface area contributed by atoms with Gasteiger partial charge >= 0.3 is 6.09 Å². The van der Waals surface area contributed by atoms with Gasteiger partial charge in [-0.3, -0.25) is 0 Å². The van der Waals surface area contributed by atoms with Gasteiger partial charge in [0.05, 0.1) is 6.54 Å². The van der Waals surface area contributed by atoms with Crippen molar-refractivity contribution < 1.29 is 9.53 Å². The Kier molecular flexibility index (Phi) is 2.43. The maximum absolute atomic E-state index is 11.1. The molecule has 2 rings (SSSR count). The Bertz CT molecular complexity index is 333. The molecule has 1 aromatic heterocycles. The maximum Gasteiger partial charge on any atom is 0.409 e. The van der Waals surface area contributed by atoms with Crippen molar-refractivity contribution in [2.75, 3.05) is 19.7 Å². The fraction of sp³-hybridized carbons (Fsp3) is 0.500. The van der Waals surface area contributed by atoms with E-state index in [2.05, 4.69) is 10.6 Å². The van der Waals surface area contributed by atoms with Crippen LogP contribution in [0.25, 0.3) is 0 Å². The zero-order valence-electron chi connectivity index (χ0n) is 8.27. The van der Waals surface area contributed by atoms with E-state index in [0.717, 1.165) is 19.5 Å². The van der Waals surface area contributed by atoms with Gasteiger partial charge in [-0.25, -0.2) is 4.79 Å². The molecule has 4 heteroatoms. The summed E-state index contributed by atoms with van der Waals surface area (Å²) in [5.74, 6) is 0. The number of carbonyl (C=O) groups is 1. The molecule has 2 heterocycles. The number of hydrogen-bond donors (Lipinski definition) is 0. The van der Waals surface area contributed by atoms with E-state index in [9.17, 15) is 4.79 Å². The summed E-state index contributed by atoms with van der Waals surface area (Å²) in [4.78, 5) is 12.9. The summed E-state index contributed by atoms with van der Waals surface area (Å²) in [6, 6.07) is 4.08. The van der Waals surface area contributed by atoms with E-state index in [-0.39, 0.29) is 6.09 Å². The maximum atomic E-state index is 11.1. The molecule has 0 bridgehead atoms. The number of aryl methyl sites for hydroxylation is 1. The number of amides is 1. The number of rotatable bonds is 3. The van der Waals surface area contributed by atoms with Crippen LogP contribution in [0.2, 0.25) is 0 Å². The largest absolute Gasteiger partial charge is 0.448 e. The van der Waals surface area contributed by atoms with Crippen molar-refractivity contribution in [1.29, 1.82) is 0 Å². The van der Waals surface area contributed by atoms with Crippen LogP contribution in [0, 0.1) is 0 Å². The average molecular weight is 194 g/mol. The van der Waals surface area contributed by atoms with Gasteiger partial charge in [0, 0.05) is 31.9 Å². The van der Waals surface area contributed by atoms with E-state index in [0.29, 0.717) is 6.61 Å². The van der Waals surface area contributed by atoms with Gasteiger partial charge < -0.3 is 14.2 Å². The first-order valence-corrected chi connectivity index (χ1v) is 4.79. The SMILES string of the molecule is Cn1cccc1CCN1CCOC1=O. The zero-order valence-corrected chi connectivity index (χ0v) is 8.27. The fourth-order valence-electron chi connectivity index (χ4n) is 1.63. The summed E-state index contributed by atoms with van der Waals surface area (Å²) in [5.41, 5.74) is 1.24. The molecule has 0 aromatic carbocycles. The normalized spacial score (nSPS) is 16.1. The molecule has 1 aromatic rings. The van der Waals surface area contributed by atoms with Crippen LogP contribution in [0.1, 0.15) is 5.69 Å². The van der Waals surface area contributed by atoms with Crippen molar-refractivity contribution >= 4 is 6.09 Å². The molecule has 1 fully saturated rings. The van der Waals surface area contributed by atoms with Crippen LogP contribution in [0.15, 0.2) is 18.3 Å². The molecule has 0 unspecified atom stereocenters. The van der Waals surface area contributed by atoms with Crippen molar-refractivity contribution in [3.8, 4) is 0 Å². The first-order chi connectivity index (χ1) is 6.77. The molecule has 0 aliphatic carbocycles. The van der Waals surface area contributed by atoms with Gasteiger partial charge in [0.25, 0.3) is 0 Å². The minimum absolute atomic E-state index is 0.181. The van der Waals surface area contributed by atoms with Gasteiger partial charge in [0.15, 0.2) is 0 Å². The lowest BCUT2D eigenvalue weighted by molar-refractivity contribution is 0.158. The van der Waals surface area contributed by atoms with Crippen molar-refractivity contribution in [2.45, 2.75) is 6.42 Å². The molecule has 0 N–H and O–H groups in total. The van der Waals surface area contributed by atoms with Gasteiger partial charge in [-0.1, -0.05) is 0 Å². The summed E-state index contributed by atoms with van der Waals surface area (Å²) in [7, 11) is 2.01.